The van der Waals surface area contributed by atoms with Crippen molar-refractivity contribution in [1.29, 1.82) is 5.41 Å². The lowest BCUT2D eigenvalue weighted by atomic mass is 9.94. The maximum absolute atomic E-state index is 14.1. The lowest BCUT2D eigenvalue weighted by molar-refractivity contribution is 0.387. The molecule has 1 aromatic carbocycles. The minimum Gasteiger partial charge on any atom is -0.494 e. The fourth-order valence-corrected chi connectivity index (χ4v) is 4.05. The number of pyridine rings is 1. The van der Waals surface area contributed by atoms with Crippen LogP contribution < -0.4 is 9.64 Å². The summed E-state index contributed by atoms with van der Waals surface area (Å²) in [6.07, 6.45) is 4.66. The van der Waals surface area contributed by atoms with Crippen molar-refractivity contribution in [3.05, 3.63) is 30.2 Å². The maximum atomic E-state index is 14.1. The normalized spacial score (nSPS) is 16.8. The molecule has 134 valence electrons. The van der Waals surface area contributed by atoms with Crippen molar-refractivity contribution in [1.82, 2.24) is 4.98 Å². The van der Waals surface area contributed by atoms with Crippen LogP contribution in [0.15, 0.2) is 24.4 Å². The van der Waals surface area contributed by atoms with Crippen molar-refractivity contribution >= 4 is 32.9 Å². The lowest BCUT2D eigenvalue weighted by Gasteiger charge is -2.34. The fourth-order valence-electron chi connectivity index (χ4n) is 3.37. The van der Waals surface area contributed by atoms with Crippen molar-refractivity contribution in [2.75, 3.05) is 30.9 Å². The first-order valence-electron chi connectivity index (χ1n) is 8.37. The van der Waals surface area contributed by atoms with E-state index in [-0.39, 0.29) is 11.6 Å². The zero-order chi connectivity index (χ0) is 17.8. The Morgan fingerprint density at radius 3 is 2.88 bits per heavy atom. The molecule has 2 aromatic rings. The number of rotatable bonds is 6. The molecular formula is C18H22FN3O2S. The molecule has 5 nitrogen and oxygen atoms in total. The van der Waals surface area contributed by atoms with Gasteiger partial charge in [0.25, 0.3) is 0 Å². The number of benzene rings is 1. The molecule has 1 aliphatic rings. The third-order valence-corrected chi connectivity index (χ3v) is 5.71. The predicted molar refractivity (Wildman–Crippen MR) is 99.6 cm³/mol. The summed E-state index contributed by atoms with van der Waals surface area (Å²) in [5.41, 5.74) is 2.73. The number of anilines is 1. The van der Waals surface area contributed by atoms with E-state index in [4.69, 9.17) is 10.1 Å². The first kappa shape index (κ1) is 17.8. The highest BCUT2D eigenvalue weighted by molar-refractivity contribution is 7.98. The Bertz CT molecular complexity index is 791. The van der Waals surface area contributed by atoms with Crippen LogP contribution in [0.2, 0.25) is 0 Å². The summed E-state index contributed by atoms with van der Waals surface area (Å²) < 4.78 is 30.5. The number of ether oxygens (including phenoxy) is 1. The summed E-state index contributed by atoms with van der Waals surface area (Å²) in [4.78, 5) is 6.60. The van der Waals surface area contributed by atoms with Crippen LogP contribution in [0.5, 0.6) is 5.75 Å². The highest BCUT2D eigenvalue weighted by Crippen LogP contribution is 2.33. The minimum absolute atomic E-state index is 0.204. The molecule has 3 rings (SSSR count). The summed E-state index contributed by atoms with van der Waals surface area (Å²) in [6.45, 7) is 1.77. The number of piperidine rings is 1. The lowest BCUT2D eigenvalue weighted by Crippen LogP contribution is -2.34. The van der Waals surface area contributed by atoms with Gasteiger partial charge in [-0.25, -0.2) is 4.39 Å². The standard InChI is InChI=1S/C18H22FN3O2S/c1-24-18-11-16-14(10-15(18)19)17(2-6-21-16)22-7-3-13(4-8-22)5-9-25(23)12-20/h2,6,10-13,20H,3-5,7-9H2,1H3. The average Bonchev–Trinajstić information content (AvgIpc) is 2.65. The van der Waals surface area contributed by atoms with Gasteiger partial charge in [0.1, 0.15) is 0 Å². The van der Waals surface area contributed by atoms with Crippen molar-refractivity contribution in [3.8, 4) is 5.75 Å². The van der Waals surface area contributed by atoms with E-state index in [1.54, 1.807) is 12.3 Å². The number of nitrogens with zero attached hydrogens (tertiary/aromatic N) is 2. The summed E-state index contributed by atoms with van der Waals surface area (Å²) >= 11 is 0. The summed E-state index contributed by atoms with van der Waals surface area (Å²) in [5.74, 6) is 0.922. The highest BCUT2D eigenvalue weighted by Gasteiger charge is 2.21. The molecule has 0 saturated carbocycles. The minimum atomic E-state index is -1.13. The van der Waals surface area contributed by atoms with E-state index >= 15 is 0 Å². The predicted octanol–water partition coefficient (Wildman–Crippen LogP) is 3.34. The highest BCUT2D eigenvalue weighted by atomic mass is 32.2. The van der Waals surface area contributed by atoms with Gasteiger partial charge in [-0.3, -0.25) is 14.6 Å². The Hall–Kier alpha value is -2.02. The number of fused-ring (bicyclic) bond motifs is 1. The molecule has 25 heavy (non-hydrogen) atoms. The first-order valence-corrected chi connectivity index (χ1v) is 9.75. The van der Waals surface area contributed by atoms with Gasteiger partial charge in [-0.05, 0) is 37.3 Å². The van der Waals surface area contributed by atoms with Gasteiger partial charge < -0.3 is 9.64 Å². The number of methoxy groups -OCH3 is 1. The Balaban J connectivity index is 1.74. The third kappa shape index (κ3) is 3.98. The van der Waals surface area contributed by atoms with Crippen LogP contribution in [0, 0.1) is 17.1 Å². The van der Waals surface area contributed by atoms with Crippen LogP contribution in [-0.2, 0) is 10.8 Å². The Morgan fingerprint density at radius 1 is 1.44 bits per heavy atom. The van der Waals surface area contributed by atoms with Gasteiger partial charge in [-0.2, -0.15) is 0 Å². The summed E-state index contributed by atoms with van der Waals surface area (Å²) in [5, 5.41) is 7.81. The molecular weight excluding hydrogens is 341 g/mol. The van der Waals surface area contributed by atoms with E-state index in [1.807, 2.05) is 6.07 Å². The molecule has 1 atom stereocenters. The molecule has 2 heterocycles. The van der Waals surface area contributed by atoms with E-state index in [9.17, 15) is 8.60 Å². The largest absolute Gasteiger partial charge is 0.494 e. The van der Waals surface area contributed by atoms with Gasteiger partial charge in [-0.1, -0.05) is 0 Å². The molecule has 0 amide bonds. The van der Waals surface area contributed by atoms with Gasteiger partial charge in [0, 0.05) is 42.2 Å². The molecule has 7 heteroatoms. The molecule has 1 unspecified atom stereocenters. The molecule has 1 aromatic heterocycles. The van der Waals surface area contributed by atoms with Gasteiger partial charge in [0.15, 0.2) is 11.6 Å². The monoisotopic (exact) mass is 363 g/mol. The molecule has 1 N–H and O–H groups in total. The number of hydrogen-bond donors (Lipinski definition) is 1. The first-order chi connectivity index (χ1) is 12.1. The van der Waals surface area contributed by atoms with Crippen LogP contribution in [0.1, 0.15) is 19.3 Å². The molecule has 1 saturated heterocycles. The summed E-state index contributed by atoms with van der Waals surface area (Å²) in [7, 11) is 0.317. The second kappa shape index (κ2) is 7.91. The van der Waals surface area contributed by atoms with E-state index in [0.717, 1.165) is 54.5 Å². The number of nitrogens with one attached hydrogen (secondary N) is 1. The smallest absolute Gasteiger partial charge is 0.165 e. The van der Waals surface area contributed by atoms with E-state index in [0.29, 0.717) is 11.7 Å². The van der Waals surface area contributed by atoms with Crippen molar-refractivity contribution in [2.45, 2.75) is 19.3 Å². The molecule has 0 radical (unpaired) electrons. The van der Waals surface area contributed by atoms with Crippen molar-refractivity contribution in [3.63, 3.8) is 0 Å². The Labute approximate surface area is 149 Å². The van der Waals surface area contributed by atoms with Gasteiger partial charge in [-0.15, -0.1) is 0 Å². The second-order valence-corrected chi connectivity index (χ2v) is 7.66. The quantitative estimate of drug-likeness (QED) is 0.631. The fraction of sp³-hybridized carbons (Fsp3) is 0.444. The Morgan fingerprint density at radius 2 is 2.20 bits per heavy atom. The van der Waals surface area contributed by atoms with Gasteiger partial charge in [0.2, 0.25) is 0 Å². The summed E-state index contributed by atoms with van der Waals surface area (Å²) in [6, 6.07) is 5.06. The Kier molecular flexibility index (Phi) is 5.63. The molecule has 1 aliphatic heterocycles. The topological polar surface area (TPSA) is 66.3 Å². The SMILES string of the molecule is COc1cc2nccc(N3CCC(CCS(=O)C=N)CC3)c2cc1F. The van der Waals surface area contributed by atoms with Crippen LogP contribution in [0.25, 0.3) is 10.9 Å². The van der Waals surface area contributed by atoms with E-state index in [1.165, 1.54) is 13.2 Å². The molecule has 0 aliphatic carbocycles. The van der Waals surface area contributed by atoms with Gasteiger partial charge in [0.05, 0.1) is 29.0 Å². The third-order valence-electron chi connectivity index (χ3n) is 4.81. The molecule has 0 bridgehead atoms. The maximum Gasteiger partial charge on any atom is 0.165 e. The molecule has 0 spiro atoms. The van der Waals surface area contributed by atoms with Crippen LogP contribution in [-0.4, -0.2) is 40.7 Å². The second-order valence-electron chi connectivity index (χ2n) is 6.26. The zero-order valence-electron chi connectivity index (χ0n) is 14.2. The van der Waals surface area contributed by atoms with Crippen molar-refractivity contribution < 1.29 is 13.3 Å². The van der Waals surface area contributed by atoms with E-state index in [2.05, 4.69) is 9.88 Å². The number of hydrogen-bond acceptors (Lipinski definition) is 5. The average molecular weight is 363 g/mol. The molecule has 1 fully saturated rings. The van der Waals surface area contributed by atoms with Gasteiger partial charge >= 0.3 is 0 Å². The van der Waals surface area contributed by atoms with E-state index < -0.39 is 10.8 Å². The van der Waals surface area contributed by atoms with Crippen LogP contribution in [0.3, 0.4) is 0 Å². The van der Waals surface area contributed by atoms with Crippen LogP contribution >= 0.6 is 0 Å². The van der Waals surface area contributed by atoms with Crippen molar-refractivity contribution in [2.24, 2.45) is 5.92 Å². The zero-order valence-corrected chi connectivity index (χ0v) is 15.0. The number of halogens is 1. The number of aromatic nitrogens is 1. The van der Waals surface area contributed by atoms with Crippen LogP contribution in [0.4, 0.5) is 10.1 Å².